The van der Waals surface area contributed by atoms with Gasteiger partial charge in [-0.05, 0) is 49.2 Å². The highest BCUT2D eigenvalue weighted by Crippen LogP contribution is 2.40. The molecule has 0 aromatic heterocycles. The third-order valence-corrected chi connectivity index (χ3v) is 5.71. The van der Waals surface area contributed by atoms with Crippen LogP contribution in [0.4, 0.5) is 18.9 Å². The molecule has 0 saturated carbocycles. The molecular formula is C23H23F3N2O2. The second-order valence-electron chi connectivity index (χ2n) is 7.59. The number of ether oxygens (including phenoxy) is 1. The van der Waals surface area contributed by atoms with E-state index in [1.54, 1.807) is 43.5 Å². The summed E-state index contributed by atoms with van der Waals surface area (Å²) < 4.78 is 46.2. The van der Waals surface area contributed by atoms with Crippen LogP contribution in [0.3, 0.4) is 0 Å². The Bertz CT molecular complexity index is 948. The number of nitrogens with zero attached hydrogens (tertiary/aromatic N) is 1. The number of hydrogen-bond donors (Lipinski definition) is 1. The molecule has 4 rings (SSSR count). The minimum absolute atomic E-state index is 0.0346. The number of halogens is 3. The summed E-state index contributed by atoms with van der Waals surface area (Å²) in [5.41, 5.74) is 0.315. The highest BCUT2D eigenvalue weighted by atomic mass is 19.4. The Hall–Kier alpha value is -2.80. The maximum atomic E-state index is 13.7. The average Bonchev–Trinajstić information content (AvgIpc) is 3.20. The van der Waals surface area contributed by atoms with Crippen molar-refractivity contribution in [3.63, 3.8) is 0 Å². The van der Waals surface area contributed by atoms with Crippen LogP contribution in [0, 0.1) is 0 Å². The molecular weight excluding hydrogens is 393 g/mol. The summed E-state index contributed by atoms with van der Waals surface area (Å²) in [4.78, 5) is 15.1. The molecule has 2 aromatic carbocycles. The molecule has 7 heteroatoms. The standard InChI is InChI=1S/C23H23F3N2O2/c1-30-17-9-7-15(8-10-17)18-11-12-19-20(23(24,25)26)5-2-6-21(19)28(22(18)29)14-16-4-3-13-27-16/h2,5-12,16,18,27H,3-4,13-14H2,1H3. The van der Waals surface area contributed by atoms with Crippen LogP contribution in [0.25, 0.3) is 6.08 Å². The van der Waals surface area contributed by atoms with Gasteiger partial charge in [-0.3, -0.25) is 4.79 Å². The van der Waals surface area contributed by atoms with E-state index in [4.69, 9.17) is 4.74 Å². The number of fused-ring (bicyclic) bond motifs is 1. The lowest BCUT2D eigenvalue weighted by molar-refractivity contribution is -0.137. The first-order valence-electron chi connectivity index (χ1n) is 9.95. The van der Waals surface area contributed by atoms with Crippen LogP contribution < -0.4 is 15.0 Å². The third-order valence-electron chi connectivity index (χ3n) is 5.71. The molecule has 2 aliphatic rings. The average molecular weight is 416 g/mol. The van der Waals surface area contributed by atoms with Crippen molar-refractivity contribution in [3.05, 3.63) is 65.2 Å². The van der Waals surface area contributed by atoms with Gasteiger partial charge in [0.05, 0.1) is 24.3 Å². The van der Waals surface area contributed by atoms with Crippen LogP contribution >= 0.6 is 0 Å². The first-order valence-corrected chi connectivity index (χ1v) is 9.95. The van der Waals surface area contributed by atoms with Gasteiger partial charge in [0.15, 0.2) is 0 Å². The van der Waals surface area contributed by atoms with Gasteiger partial charge in [-0.1, -0.05) is 30.4 Å². The molecule has 30 heavy (non-hydrogen) atoms. The molecule has 4 nitrogen and oxygen atoms in total. The van der Waals surface area contributed by atoms with Gasteiger partial charge in [-0.25, -0.2) is 0 Å². The number of amides is 1. The summed E-state index contributed by atoms with van der Waals surface area (Å²) in [6, 6.07) is 11.1. The molecule has 2 atom stereocenters. The van der Waals surface area contributed by atoms with E-state index in [1.807, 2.05) is 0 Å². The molecule has 0 aliphatic carbocycles. The summed E-state index contributed by atoms with van der Waals surface area (Å²) in [5, 5.41) is 3.34. The van der Waals surface area contributed by atoms with E-state index >= 15 is 0 Å². The third kappa shape index (κ3) is 3.94. The fourth-order valence-corrected chi connectivity index (χ4v) is 4.16. The molecule has 1 N–H and O–H groups in total. The molecule has 0 bridgehead atoms. The number of hydrogen-bond acceptors (Lipinski definition) is 3. The first-order chi connectivity index (χ1) is 14.4. The number of nitrogens with one attached hydrogen (secondary N) is 1. The van der Waals surface area contributed by atoms with E-state index in [2.05, 4.69) is 5.32 Å². The van der Waals surface area contributed by atoms with E-state index in [1.165, 1.54) is 17.0 Å². The second kappa shape index (κ2) is 8.14. The van der Waals surface area contributed by atoms with E-state index in [-0.39, 0.29) is 17.5 Å². The Balaban J connectivity index is 1.79. The monoisotopic (exact) mass is 416 g/mol. The van der Waals surface area contributed by atoms with Crippen molar-refractivity contribution in [3.8, 4) is 5.75 Å². The van der Waals surface area contributed by atoms with Crippen molar-refractivity contribution >= 4 is 17.7 Å². The van der Waals surface area contributed by atoms with Gasteiger partial charge in [0.1, 0.15) is 5.75 Å². The number of benzene rings is 2. The van der Waals surface area contributed by atoms with Crippen LogP contribution in [-0.4, -0.2) is 32.1 Å². The zero-order chi connectivity index (χ0) is 21.3. The smallest absolute Gasteiger partial charge is 0.417 e. The van der Waals surface area contributed by atoms with Crippen LogP contribution in [0.5, 0.6) is 5.75 Å². The summed E-state index contributed by atoms with van der Waals surface area (Å²) in [7, 11) is 1.55. The van der Waals surface area contributed by atoms with Gasteiger partial charge < -0.3 is 15.0 Å². The zero-order valence-electron chi connectivity index (χ0n) is 16.6. The van der Waals surface area contributed by atoms with Crippen LogP contribution in [0.1, 0.15) is 35.4 Å². The Kier molecular flexibility index (Phi) is 5.56. The number of alkyl halides is 3. The SMILES string of the molecule is COc1ccc(C2C=Cc3c(cccc3C(F)(F)F)N(CC3CCCN3)C2=O)cc1. The summed E-state index contributed by atoms with van der Waals surface area (Å²) in [6.07, 6.45) is 0.379. The molecule has 1 saturated heterocycles. The predicted octanol–water partition coefficient (Wildman–Crippen LogP) is 4.61. The highest BCUT2D eigenvalue weighted by Gasteiger charge is 2.37. The summed E-state index contributed by atoms with van der Waals surface area (Å²) in [5.74, 6) is -0.257. The summed E-state index contributed by atoms with van der Waals surface area (Å²) in [6.45, 7) is 1.18. The molecule has 2 heterocycles. The maximum absolute atomic E-state index is 13.7. The minimum atomic E-state index is -4.50. The van der Waals surface area contributed by atoms with Crippen molar-refractivity contribution in [2.45, 2.75) is 31.0 Å². The number of carbonyl (C=O) groups excluding carboxylic acids is 1. The Labute approximate surface area is 173 Å². The Morgan fingerprint density at radius 1 is 1.17 bits per heavy atom. The number of anilines is 1. The zero-order valence-corrected chi connectivity index (χ0v) is 16.6. The van der Waals surface area contributed by atoms with Crippen molar-refractivity contribution in [2.75, 3.05) is 25.1 Å². The van der Waals surface area contributed by atoms with Gasteiger partial charge >= 0.3 is 6.18 Å². The first kappa shape index (κ1) is 20.5. The van der Waals surface area contributed by atoms with Gasteiger partial charge in [0, 0.05) is 18.2 Å². The minimum Gasteiger partial charge on any atom is -0.497 e. The van der Waals surface area contributed by atoms with E-state index in [0.717, 1.165) is 25.5 Å². The lowest BCUT2D eigenvalue weighted by atomic mass is 9.97. The largest absolute Gasteiger partial charge is 0.497 e. The molecule has 2 aromatic rings. The molecule has 158 valence electrons. The van der Waals surface area contributed by atoms with Gasteiger partial charge in [0.25, 0.3) is 0 Å². The van der Waals surface area contributed by atoms with E-state index in [9.17, 15) is 18.0 Å². The van der Waals surface area contributed by atoms with Crippen molar-refractivity contribution in [2.24, 2.45) is 0 Å². The number of rotatable bonds is 4. The maximum Gasteiger partial charge on any atom is 0.417 e. The lowest BCUT2D eigenvalue weighted by Gasteiger charge is -2.29. The van der Waals surface area contributed by atoms with E-state index in [0.29, 0.717) is 23.5 Å². The summed E-state index contributed by atoms with van der Waals surface area (Å²) >= 11 is 0. The fourth-order valence-electron chi connectivity index (χ4n) is 4.16. The van der Waals surface area contributed by atoms with Gasteiger partial charge in [-0.15, -0.1) is 0 Å². The van der Waals surface area contributed by atoms with Gasteiger partial charge in [-0.2, -0.15) is 13.2 Å². The molecule has 1 amide bonds. The van der Waals surface area contributed by atoms with E-state index < -0.39 is 17.7 Å². The number of carbonyl (C=O) groups is 1. The lowest BCUT2D eigenvalue weighted by Crippen LogP contribution is -2.43. The topological polar surface area (TPSA) is 41.6 Å². The van der Waals surface area contributed by atoms with Crippen LogP contribution in [-0.2, 0) is 11.0 Å². The van der Waals surface area contributed by atoms with Gasteiger partial charge in [0.2, 0.25) is 5.91 Å². The molecule has 0 spiro atoms. The predicted molar refractivity (Wildman–Crippen MR) is 110 cm³/mol. The van der Waals surface area contributed by atoms with Crippen molar-refractivity contribution in [1.82, 2.24) is 5.32 Å². The normalized spacial score (nSPS) is 21.5. The second-order valence-corrected chi connectivity index (χ2v) is 7.59. The Morgan fingerprint density at radius 3 is 2.57 bits per heavy atom. The van der Waals surface area contributed by atoms with Crippen molar-refractivity contribution < 1.29 is 22.7 Å². The fraction of sp³-hybridized carbons (Fsp3) is 0.348. The Morgan fingerprint density at radius 2 is 1.93 bits per heavy atom. The molecule has 1 fully saturated rings. The quantitative estimate of drug-likeness (QED) is 0.792. The molecule has 0 radical (unpaired) electrons. The van der Waals surface area contributed by atoms with Crippen molar-refractivity contribution in [1.29, 1.82) is 0 Å². The number of methoxy groups -OCH3 is 1. The highest BCUT2D eigenvalue weighted by molar-refractivity contribution is 6.03. The molecule has 2 aliphatic heterocycles. The van der Waals surface area contributed by atoms with Crippen LogP contribution in [0.2, 0.25) is 0 Å². The molecule has 2 unspecified atom stereocenters. The van der Waals surface area contributed by atoms with Crippen LogP contribution in [0.15, 0.2) is 48.5 Å².